The first-order chi connectivity index (χ1) is 28.8. The Kier molecular flexibility index (Phi) is 6.41. The van der Waals surface area contributed by atoms with E-state index < -0.39 is 0 Å². The molecule has 1 aliphatic rings. The Hall–Kier alpha value is -7.82. The van der Waals surface area contributed by atoms with E-state index in [1.807, 2.05) is 6.07 Å². The minimum absolute atomic E-state index is 0.863. The van der Waals surface area contributed by atoms with E-state index in [9.17, 15) is 0 Å². The summed E-state index contributed by atoms with van der Waals surface area (Å²) in [5.74, 6) is 1.76. The average Bonchev–Trinajstić information content (AvgIpc) is 3.93. The summed E-state index contributed by atoms with van der Waals surface area (Å²) < 4.78 is 14.0. The molecule has 4 heteroatoms. The highest BCUT2D eigenvalue weighted by Crippen LogP contribution is 2.49. The molecule has 3 aromatic heterocycles. The molecule has 0 N–H and O–H groups in total. The van der Waals surface area contributed by atoms with Gasteiger partial charge in [-0.1, -0.05) is 121 Å². The number of hydrogen-bond donors (Lipinski definition) is 0. The molecular weight excluding hydrogens is 707 g/mol. The van der Waals surface area contributed by atoms with Gasteiger partial charge in [-0.15, -0.1) is 0 Å². The number of aromatic nitrogens is 3. The number of hydrogen-bond acceptors (Lipinski definition) is 1. The maximum Gasteiger partial charge on any atom is 0.160 e. The van der Waals surface area contributed by atoms with Gasteiger partial charge in [0.15, 0.2) is 11.5 Å². The van der Waals surface area contributed by atoms with Crippen LogP contribution < -0.4 is 4.74 Å². The molecule has 0 amide bonds. The van der Waals surface area contributed by atoms with Crippen LogP contribution in [-0.2, 0) is 0 Å². The van der Waals surface area contributed by atoms with Crippen LogP contribution in [0.1, 0.15) is 0 Å². The largest absolute Gasteiger partial charge is 0.452 e. The van der Waals surface area contributed by atoms with E-state index in [-0.39, 0.29) is 0 Å². The van der Waals surface area contributed by atoms with Gasteiger partial charge in [0.1, 0.15) is 0 Å². The Labute approximate surface area is 333 Å². The second-order valence-electron chi connectivity index (χ2n) is 15.3. The molecule has 270 valence electrons. The fraction of sp³-hybridized carbons (Fsp3) is 0. The van der Waals surface area contributed by atoms with Crippen molar-refractivity contribution in [2.45, 2.75) is 0 Å². The van der Waals surface area contributed by atoms with E-state index in [1.165, 1.54) is 59.9 Å². The first-order valence-electron chi connectivity index (χ1n) is 19.8. The minimum atomic E-state index is 0.863. The lowest BCUT2D eigenvalue weighted by Gasteiger charge is -2.23. The molecule has 12 aromatic rings. The smallest absolute Gasteiger partial charge is 0.160 e. The van der Waals surface area contributed by atoms with E-state index in [1.54, 1.807) is 0 Å². The van der Waals surface area contributed by atoms with Crippen molar-refractivity contribution in [1.29, 1.82) is 0 Å². The van der Waals surface area contributed by atoms with Crippen LogP contribution in [0, 0.1) is 0 Å². The Bertz CT molecular complexity index is 3620. The van der Waals surface area contributed by atoms with Gasteiger partial charge in [-0.3, -0.25) is 0 Å². The zero-order valence-corrected chi connectivity index (χ0v) is 31.3. The second-order valence-corrected chi connectivity index (χ2v) is 15.3. The maximum absolute atomic E-state index is 6.81. The molecule has 0 unspecified atom stereocenters. The van der Waals surface area contributed by atoms with Crippen molar-refractivity contribution in [2.75, 3.05) is 0 Å². The summed E-state index contributed by atoms with van der Waals surface area (Å²) in [6, 6.07) is 72.4. The average molecular weight is 740 g/mol. The standard InChI is InChI=1S/C54H33N3O/c1-5-21-46-40(17-1)41-18-2-6-22-47(41)56(46)38-27-30-50-45(33-38)43-20-4-7-23-48(43)55(50)37-16-12-14-35(32-37)34-13-11-15-36(31-34)39-28-29-44-42-19-3-8-24-49(42)57-51-25-9-10-26-52(51)58-54(39)53(44)57/h1-33H. The number of para-hydroxylation sites is 6. The quantitative estimate of drug-likeness (QED) is 0.176. The number of rotatable bonds is 4. The Morgan fingerprint density at radius 3 is 1.53 bits per heavy atom. The van der Waals surface area contributed by atoms with Crippen LogP contribution in [-0.4, -0.2) is 13.7 Å². The summed E-state index contributed by atoms with van der Waals surface area (Å²) in [6.45, 7) is 0. The van der Waals surface area contributed by atoms with Gasteiger partial charge >= 0.3 is 0 Å². The van der Waals surface area contributed by atoms with Crippen molar-refractivity contribution in [3.05, 3.63) is 200 Å². The fourth-order valence-electron chi connectivity index (χ4n) is 9.72. The van der Waals surface area contributed by atoms with E-state index >= 15 is 0 Å². The van der Waals surface area contributed by atoms with Crippen molar-refractivity contribution in [2.24, 2.45) is 0 Å². The molecule has 0 radical (unpaired) electrons. The van der Waals surface area contributed by atoms with Crippen LogP contribution in [0.3, 0.4) is 0 Å². The van der Waals surface area contributed by atoms with Crippen molar-refractivity contribution < 1.29 is 4.74 Å². The number of fused-ring (bicyclic) bond motifs is 11. The fourth-order valence-corrected chi connectivity index (χ4v) is 9.72. The normalized spacial score (nSPS) is 12.3. The molecule has 0 atom stereocenters. The lowest BCUT2D eigenvalue weighted by molar-refractivity contribution is 0.478. The van der Waals surface area contributed by atoms with Crippen LogP contribution in [0.4, 0.5) is 0 Å². The second kappa shape index (κ2) is 11.8. The highest BCUT2D eigenvalue weighted by molar-refractivity contribution is 6.15. The van der Waals surface area contributed by atoms with E-state index in [4.69, 9.17) is 4.74 Å². The van der Waals surface area contributed by atoms with Crippen LogP contribution in [0.15, 0.2) is 200 Å². The van der Waals surface area contributed by atoms with Gasteiger partial charge in [0.05, 0.1) is 38.8 Å². The third-order valence-corrected chi connectivity index (χ3v) is 12.2. The monoisotopic (exact) mass is 739 g/mol. The molecule has 0 aliphatic carbocycles. The van der Waals surface area contributed by atoms with Crippen molar-refractivity contribution in [3.63, 3.8) is 0 Å². The van der Waals surface area contributed by atoms with Gasteiger partial charge in [0.25, 0.3) is 0 Å². The molecule has 0 spiro atoms. The van der Waals surface area contributed by atoms with Gasteiger partial charge in [0, 0.05) is 49.3 Å². The summed E-state index contributed by atoms with van der Waals surface area (Å²) in [4.78, 5) is 0. The van der Waals surface area contributed by atoms with Crippen molar-refractivity contribution in [3.8, 4) is 50.8 Å². The van der Waals surface area contributed by atoms with Crippen LogP contribution >= 0.6 is 0 Å². The predicted octanol–water partition coefficient (Wildman–Crippen LogP) is 14.4. The topological polar surface area (TPSA) is 24.0 Å². The van der Waals surface area contributed by atoms with Gasteiger partial charge in [-0.25, -0.2) is 0 Å². The molecule has 4 nitrogen and oxygen atoms in total. The predicted molar refractivity (Wildman–Crippen MR) is 240 cm³/mol. The first-order valence-corrected chi connectivity index (χ1v) is 19.8. The summed E-state index contributed by atoms with van der Waals surface area (Å²) in [6.07, 6.45) is 0. The van der Waals surface area contributed by atoms with Gasteiger partial charge in [0.2, 0.25) is 0 Å². The summed E-state index contributed by atoms with van der Waals surface area (Å²) in [7, 11) is 0. The summed E-state index contributed by atoms with van der Waals surface area (Å²) in [5.41, 5.74) is 14.9. The Morgan fingerprint density at radius 1 is 0.310 bits per heavy atom. The third kappa shape index (κ3) is 4.34. The molecule has 0 saturated carbocycles. The Balaban J connectivity index is 0.952. The summed E-state index contributed by atoms with van der Waals surface area (Å²) in [5, 5.41) is 7.41. The van der Waals surface area contributed by atoms with Crippen LogP contribution in [0.2, 0.25) is 0 Å². The van der Waals surface area contributed by atoms with E-state index in [0.29, 0.717) is 0 Å². The minimum Gasteiger partial charge on any atom is -0.452 e. The van der Waals surface area contributed by atoms with E-state index in [2.05, 4.69) is 208 Å². The van der Waals surface area contributed by atoms with Gasteiger partial charge < -0.3 is 18.4 Å². The SMILES string of the molecule is c1cc(-c2cccc(-n3c4ccccc4c4cc(-n5c6ccccc6c6ccccc65)ccc43)c2)cc(-c2ccc3c4ccccc4n4c3c2Oc2ccccc2-4)c1. The maximum atomic E-state index is 6.81. The number of benzene rings is 9. The van der Waals surface area contributed by atoms with Crippen molar-refractivity contribution >= 4 is 65.4 Å². The Morgan fingerprint density at radius 2 is 0.828 bits per heavy atom. The molecule has 1 aliphatic heterocycles. The highest BCUT2D eigenvalue weighted by atomic mass is 16.5. The molecule has 0 fully saturated rings. The lowest BCUT2D eigenvalue weighted by Crippen LogP contribution is -2.04. The molecular formula is C54H33N3O. The molecule has 0 bridgehead atoms. The first kappa shape index (κ1) is 31.4. The molecule has 4 heterocycles. The summed E-state index contributed by atoms with van der Waals surface area (Å²) >= 11 is 0. The third-order valence-electron chi connectivity index (χ3n) is 12.2. The molecule has 9 aromatic carbocycles. The zero-order chi connectivity index (χ0) is 37.9. The van der Waals surface area contributed by atoms with Crippen LogP contribution in [0.25, 0.3) is 105 Å². The van der Waals surface area contributed by atoms with Crippen LogP contribution in [0.5, 0.6) is 11.5 Å². The van der Waals surface area contributed by atoms with Gasteiger partial charge in [-0.2, -0.15) is 0 Å². The molecule has 13 rings (SSSR count). The van der Waals surface area contributed by atoms with Crippen molar-refractivity contribution in [1.82, 2.24) is 13.7 Å². The zero-order valence-electron chi connectivity index (χ0n) is 31.3. The number of ether oxygens (including phenoxy) is 1. The number of nitrogens with zero attached hydrogens (tertiary/aromatic N) is 3. The van der Waals surface area contributed by atoms with E-state index in [0.717, 1.165) is 56.3 Å². The van der Waals surface area contributed by atoms with Gasteiger partial charge in [-0.05, 0) is 95.6 Å². The lowest BCUT2D eigenvalue weighted by atomic mass is 9.97. The highest BCUT2D eigenvalue weighted by Gasteiger charge is 2.26. The molecule has 0 saturated heterocycles. The molecule has 58 heavy (non-hydrogen) atoms.